The molecule has 0 heterocycles. The van der Waals surface area contributed by atoms with Gasteiger partial charge in [0.25, 0.3) is 0 Å². The van der Waals surface area contributed by atoms with Crippen LogP contribution >= 0.6 is 0 Å². The van der Waals surface area contributed by atoms with Crippen LogP contribution in [0, 0.1) is 11.8 Å². The zero-order valence-corrected chi connectivity index (χ0v) is 9.69. The predicted octanol–water partition coefficient (Wildman–Crippen LogP) is 2.34. The summed E-state index contributed by atoms with van der Waals surface area (Å²) in [6.45, 7) is -0.194. The van der Waals surface area contributed by atoms with Gasteiger partial charge < -0.3 is 9.47 Å². The Bertz CT molecular complexity index is 388. The lowest BCUT2D eigenvalue weighted by Crippen LogP contribution is -2.08. The largest absolute Gasteiger partial charge is 0.497 e. The topological polar surface area (TPSA) is 35.5 Å². The summed E-state index contributed by atoms with van der Waals surface area (Å²) in [6, 6.07) is 7.30. The number of hydrogen-bond donors (Lipinski definition) is 0. The lowest BCUT2D eigenvalue weighted by Gasteiger charge is -2.05. The molecule has 3 nitrogen and oxygen atoms in total. The molecule has 1 aliphatic rings. The third kappa shape index (κ3) is 2.96. The van der Waals surface area contributed by atoms with Crippen LogP contribution in [0.3, 0.4) is 0 Å². The van der Waals surface area contributed by atoms with Gasteiger partial charge in [0.05, 0.1) is 19.7 Å². The first-order valence-electron chi connectivity index (χ1n) is 5.60. The van der Waals surface area contributed by atoms with Crippen LogP contribution in [0.15, 0.2) is 24.3 Å². The van der Waals surface area contributed by atoms with Crippen LogP contribution in [-0.4, -0.2) is 19.8 Å². The molecule has 92 valence electrons. The maximum Gasteiger partial charge on any atom is 0.309 e. The van der Waals surface area contributed by atoms with Crippen LogP contribution in [0.5, 0.6) is 5.75 Å². The summed E-state index contributed by atoms with van der Waals surface area (Å²) in [6.07, 6.45) is 0.623. The van der Waals surface area contributed by atoms with Gasteiger partial charge in [-0.05, 0) is 24.1 Å². The Balaban J connectivity index is 1.79. The van der Waals surface area contributed by atoms with E-state index in [0.717, 1.165) is 11.3 Å². The van der Waals surface area contributed by atoms with Crippen LogP contribution in [0.2, 0.25) is 0 Å². The second-order valence-corrected chi connectivity index (χ2v) is 4.21. The fourth-order valence-corrected chi connectivity index (χ4v) is 1.69. The predicted molar refractivity (Wildman–Crippen MR) is 60.4 cm³/mol. The summed E-state index contributed by atoms with van der Waals surface area (Å²) >= 11 is 0. The van der Waals surface area contributed by atoms with Gasteiger partial charge in [-0.25, -0.2) is 0 Å². The highest BCUT2D eigenvalue weighted by Crippen LogP contribution is 2.39. The van der Waals surface area contributed by atoms with Gasteiger partial charge >= 0.3 is 5.97 Å². The Hall–Kier alpha value is -1.58. The maximum atomic E-state index is 12.2. The fourth-order valence-electron chi connectivity index (χ4n) is 1.69. The first-order chi connectivity index (χ1) is 8.24. The smallest absolute Gasteiger partial charge is 0.309 e. The van der Waals surface area contributed by atoms with Gasteiger partial charge in [0.15, 0.2) is 0 Å². The average molecular weight is 238 g/mol. The summed E-state index contributed by atoms with van der Waals surface area (Å²) in [5.74, 6) is 0.139. The van der Waals surface area contributed by atoms with Gasteiger partial charge in [0.2, 0.25) is 0 Å². The Morgan fingerprint density at radius 3 is 2.65 bits per heavy atom. The van der Waals surface area contributed by atoms with Gasteiger partial charge in [0.1, 0.15) is 12.4 Å². The number of methoxy groups -OCH3 is 1. The van der Waals surface area contributed by atoms with E-state index in [4.69, 9.17) is 9.47 Å². The maximum absolute atomic E-state index is 12.2. The summed E-state index contributed by atoms with van der Waals surface area (Å²) in [5.41, 5.74) is 0.900. The molecule has 1 aromatic rings. The molecule has 0 aliphatic heterocycles. The molecule has 2 atom stereocenters. The molecule has 0 N–H and O–H groups in total. The first-order valence-corrected chi connectivity index (χ1v) is 5.60. The molecule has 1 saturated carbocycles. The van der Waals surface area contributed by atoms with Crippen molar-refractivity contribution in [3.63, 3.8) is 0 Å². The van der Waals surface area contributed by atoms with Gasteiger partial charge in [-0.3, -0.25) is 9.18 Å². The van der Waals surface area contributed by atoms with Gasteiger partial charge in [-0.1, -0.05) is 12.1 Å². The molecule has 0 saturated heterocycles. The SMILES string of the molecule is COc1ccc(COC(=O)[C@@H]2C[C@@H]2CF)cc1. The van der Waals surface area contributed by atoms with Crippen molar-refractivity contribution in [3.05, 3.63) is 29.8 Å². The minimum absolute atomic E-state index is 0.113. The molecular weight excluding hydrogens is 223 g/mol. The van der Waals surface area contributed by atoms with E-state index in [1.165, 1.54) is 0 Å². The van der Waals surface area contributed by atoms with E-state index >= 15 is 0 Å². The number of rotatable bonds is 5. The molecule has 17 heavy (non-hydrogen) atoms. The third-order valence-corrected chi connectivity index (χ3v) is 2.96. The molecule has 1 aliphatic carbocycles. The Labute approximate surface area is 99.5 Å². The fraction of sp³-hybridized carbons (Fsp3) is 0.462. The number of hydrogen-bond acceptors (Lipinski definition) is 3. The molecule has 0 bridgehead atoms. The number of ether oxygens (including phenoxy) is 2. The lowest BCUT2D eigenvalue weighted by molar-refractivity contribution is -0.147. The van der Waals surface area contributed by atoms with Crippen LogP contribution < -0.4 is 4.74 Å². The highest BCUT2D eigenvalue weighted by molar-refractivity contribution is 5.75. The normalized spacial score (nSPS) is 22.0. The van der Waals surface area contributed by atoms with E-state index in [-0.39, 0.29) is 24.4 Å². The summed E-state index contributed by atoms with van der Waals surface area (Å²) in [4.78, 5) is 11.5. The Morgan fingerprint density at radius 1 is 1.41 bits per heavy atom. The highest BCUT2D eigenvalue weighted by Gasteiger charge is 2.44. The minimum Gasteiger partial charge on any atom is -0.497 e. The zero-order chi connectivity index (χ0) is 12.3. The highest BCUT2D eigenvalue weighted by atomic mass is 19.1. The van der Waals surface area contributed by atoms with Crippen LogP contribution in [0.25, 0.3) is 0 Å². The van der Waals surface area contributed by atoms with E-state index in [1.807, 2.05) is 24.3 Å². The van der Waals surface area contributed by atoms with Crippen molar-refractivity contribution in [1.82, 2.24) is 0 Å². The zero-order valence-electron chi connectivity index (χ0n) is 9.69. The van der Waals surface area contributed by atoms with E-state index in [2.05, 4.69) is 0 Å². The van der Waals surface area contributed by atoms with Crippen molar-refractivity contribution in [1.29, 1.82) is 0 Å². The molecule has 1 fully saturated rings. The number of carbonyl (C=O) groups excluding carboxylic acids is 1. The standard InChI is InChI=1S/C13H15FO3/c1-16-11-4-2-9(3-5-11)8-17-13(15)12-6-10(12)7-14/h2-5,10,12H,6-8H2,1H3/t10-,12-/m1/s1. The molecule has 0 aromatic heterocycles. The van der Waals surface area contributed by atoms with Crippen LogP contribution in [0.1, 0.15) is 12.0 Å². The van der Waals surface area contributed by atoms with E-state index < -0.39 is 6.67 Å². The molecule has 0 radical (unpaired) electrons. The van der Waals surface area contributed by atoms with E-state index in [0.29, 0.717) is 6.42 Å². The van der Waals surface area contributed by atoms with E-state index in [1.54, 1.807) is 7.11 Å². The quantitative estimate of drug-likeness (QED) is 0.739. The second kappa shape index (κ2) is 5.17. The van der Waals surface area contributed by atoms with Crippen LogP contribution in [-0.2, 0) is 16.1 Å². The lowest BCUT2D eigenvalue weighted by atomic mass is 10.2. The Kier molecular flexibility index (Phi) is 3.61. The third-order valence-electron chi connectivity index (χ3n) is 2.96. The van der Waals surface area contributed by atoms with E-state index in [9.17, 15) is 9.18 Å². The molecule has 0 unspecified atom stereocenters. The summed E-state index contributed by atoms with van der Waals surface area (Å²) in [7, 11) is 1.60. The summed E-state index contributed by atoms with van der Waals surface area (Å²) < 4.78 is 22.3. The monoisotopic (exact) mass is 238 g/mol. The number of carbonyl (C=O) groups is 1. The van der Waals surface area contributed by atoms with Crippen LogP contribution in [0.4, 0.5) is 4.39 Å². The number of halogens is 1. The molecule has 1 aromatic carbocycles. The molecule has 0 amide bonds. The number of esters is 1. The summed E-state index contributed by atoms with van der Waals surface area (Å²) in [5, 5.41) is 0. The van der Waals surface area contributed by atoms with Crippen molar-refractivity contribution in [2.75, 3.05) is 13.8 Å². The molecule has 2 rings (SSSR count). The average Bonchev–Trinajstić information content (AvgIpc) is 3.16. The number of benzene rings is 1. The van der Waals surface area contributed by atoms with Gasteiger partial charge in [-0.2, -0.15) is 0 Å². The van der Waals surface area contributed by atoms with Gasteiger partial charge in [0, 0.05) is 5.92 Å². The molecule has 4 heteroatoms. The van der Waals surface area contributed by atoms with Crippen molar-refractivity contribution < 1.29 is 18.7 Å². The van der Waals surface area contributed by atoms with Crippen molar-refractivity contribution in [3.8, 4) is 5.75 Å². The Morgan fingerprint density at radius 2 is 2.12 bits per heavy atom. The van der Waals surface area contributed by atoms with Crippen molar-refractivity contribution in [2.45, 2.75) is 13.0 Å². The first kappa shape index (κ1) is 11.9. The molecular formula is C13H15FO3. The number of alkyl halides is 1. The second-order valence-electron chi connectivity index (χ2n) is 4.21. The van der Waals surface area contributed by atoms with Gasteiger partial charge in [-0.15, -0.1) is 0 Å². The van der Waals surface area contributed by atoms with Crippen molar-refractivity contribution in [2.24, 2.45) is 11.8 Å². The van der Waals surface area contributed by atoms with Crippen molar-refractivity contribution >= 4 is 5.97 Å². The minimum atomic E-state index is -0.428. The molecule has 0 spiro atoms.